The normalized spacial score (nSPS) is 10.0. The molecule has 4 N–H and O–H groups in total. The van der Waals surface area contributed by atoms with Crippen molar-refractivity contribution in [2.45, 2.75) is 0 Å². The van der Waals surface area contributed by atoms with Gasteiger partial charge in [-0.2, -0.15) is 0 Å². The van der Waals surface area contributed by atoms with E-state index in [-0.39, 0.29) is 17.8 Å². The van der Waals surface area contributed by atoms with Gasteiger partial charge in [0.2, 0.25) is 0 Å². The molecule has 0 atom stereocenters. The standard InChI is InChI=1S/C8H8N4O2/c9-7-11-12-8(14-7)10-5-1-3-6(13)4-2-5/h1-4,13H,(H2,9,11)(H,10,12). The Kier molecular flexibility index (Phi) is 1.94. The van der Waals surface area contributed by atoms with Crippen LogP contribution < -0.4 is 11.1 Å². The van der Waals surface area contributed by atoms with E-state index in [4.69, 9.17) is 15.3 Å². The highest BCUT2D eigenvalue weighted by Crippen LogP contribution is 2.18. The van der Waals surface area contributed by atoms with E-state index in [9.17, 15) is 0 Å². The number of benzene rings is 1. The molecule has 0 spiro atoms. The molecule has 2 rings (SSSR count). The number of aromatic nitrogens is 2. The first-order valence-electron chi connectivity index (χ1n) is 3.89. The quantitative estimate of drug-likeness (QED) is 0.616. The summed E-state index contributed by atoms with van der Waals surface area (Å²) in [5.41, 5.74) is 5.96. The Morgan fingerprint density at radius 2 is 1.93 bits per heavy atom. The Balaban J connectivity index is 2.15. The summed E-state index contributed by atoms with van der Waals surface area (Å²) in [6.45, 7) is 0. The lowest BCUT2D eigenvalue weighted by Crippen LogP contribution is -1.89. The third-order valence-corrected chi connectivity index (χ3v) is 1.56. The van der Waals surface area contributed by atoms with Crippen LogP contribution >= 0.6 is 0 Å². The van der Waals surface area contributed by atoms with Crippen LogP contribution in [0, 0.1) is 0 Å². The lowest BCUT2D eigenvalue weighted by Gasteiger charge is -1.99. The lowest BCUT2D eigenvalue weighted by molar-refractivity contribution is 0.475. The van der Waals surface area contributed by atoms with Gasteiger partial charge in [-0.05, 0) is 24.3 Å². The van der Waals surface area contributed by atoms with Crippen molar-refractivity contribution in [3.63, 3.8) is 0 Å². The minimum absolute atomic E-state index is 0.00581. The van der Waals surface area contributed by atoms with Gasteiger partial charge in [-0.3, -0.25) is 0 Å². The highest BCUT2D eigenvalue weighted by Gasteiger charge is 2.01. The lowest BCUT2D eigenvalue weighted by atomic mass is 10.3. The zero-order chi connectivity index (χ0) is 9.97. The molecule has 0 aliphatic heterocycles. The Labute approximate surface area is 79.4 Å². The summed E-state index contributed by atoms with van der Waals surface area (Å²) in [6, 6.07) is 6.66. The number of aromatic hydroxyl groups is 1. The van der Waals surface area contributed by atoms with Gasteiger partial charge in [0.25, 0.3) is 0 Å². The van der Waals surface area contributed by atoms with E-state index in [1.54, 1.807) is 24.3 Å². The van der Waals surface area contributed by atoms with Crippen molar-refractivity contribution in [3.8, 4) is 5.75 Å². The van der Waals surface area contributed by atoms with Crippen LogP contribution in [-0.4, -0.2) is 15.3 Å². The summed E-state index contributed by atoms with van der Waals surface area (Å²) < 4.78 is 4.90. The van der Waals surface area contributed by atoms with Crippen LogP contribution in [0.1, 0.15) is 0 Å². The Bertz CT molecular complexity index is 423. The average molecular weight is 192 g/mol. The van der Waals surface area contributed by atoms with E-state index in [1.807, 2.05) is 0 Å². The molecule has 0 unspecified atom stereocenters. The monoisotopic (exact) mass is 192 g/mol. The van der Waals surface area contributed by atoms with Crippen LogP contribution in [0.25, 0.3) is 0 Å². The van der Waals surface area contributed by atoms with Crippen molar-refractivity contribution >= 4 is 17.7 Å². The maximum absolute atomic E-state index is 9.03. The van der Waals surface area contributed by atoms with Gasteiger partial charge in [-0.25, -0.2) is 0 Å². The Morgan fingerprint density at radius 1 is 1.21 bits per heavy atom. The third kappa shape index (κ3) is 1.74. The highest BCUT2D eigenvalue weighted by molar-refractivity contribution is 5.53. The third-order valence-electron chi connectivity index (χ3n) is 1.56. The van der Waals surface area contributed by atoms with Crippen LogP contribution in [0.5, 0.6) is 5.75 Å². The average Bonchev–Trinajstić information content (AvgIpc) is 2.56. The first kappa shape index (κ1) is 8.36. The summed E-state index contributed by atoms with van der Waals surface area (Å²) in [5.74, 6) is 0.195. The van der Waals surface area contributed by atoms with Crippen molar-refractivity contribution in [2.75, 3.05) is 11.1 Å². The number of phenols is 1. The first-order chi connectivity index (χ1) is 6.74. The van der Waals surface area contributed by atoms with E-state index < -0.39 is 0 Å². The van der Waals surface area contributed by atoms with Crippen LogP contribution in [0.4, 0.5) is 17.7 Å². The van der Waals surface area contributed by atoms with E-state index >= 15 is 0 Å². The molecule has 72 valence electrons. The molecule has 0 aliphatic carbocycles. The van der Waals surface area contributed by atoms with Crippen molar-refractivity contribution in [1.82, 2.24) is 10.2 Å². The fourth-order valence-electron chi connectivity index (χ4n) is 0.953. The predicted octanol–water partition coefficient (Wildman–Crippen LogP) is 1.10. The summed E-state index contributed by atoms with van der Waals surface area (Å²) in [4.78, 5) is 0. The second-order valence-electron chi connectivity index (χ2n) is 2.62. The van der Waals surface area contributed by atoms with Gasteiger partial charge in [0.05, 0.1) is 0 Å². The van der Waals surface area contributed by atoms with E-state index in [1.165, 1.54) is 0 Å². The highest BCUT2D eigenvalue weighted by atomic mass is 16.4. The SMILES string of the molecule is Nc1nnc(Nc2ccc(O)cc2)o1. The fourth-order valence-corrected chi connectivity index (χ4v) is 0.953. The van der Waals surface area contributed by atoms with Crippen LogP contribution in [0.3, 0.4) is 0 Å². The predicted molar refractivity (Wildman–Crippen MR) is 50.1 cm³/mol. The van der Waals surface area contributed by atoms with Crippen LogP contribution in [0.2, 0.25) is 0 Å². The van der Waals surface area contributed by atoms with Gasteiger partial charge in [0, 0.05) is 5.69 Å². The molecular formula is C8H8N4O2. The van der Waals surface area contributed by atoms with Gasteiger partial charge in [0.15, 0.2) is 0 Å². The zero-order valence-electron chi connectivity index (χ0n) is 7.14. The molecule has 0 fully saturated rings. The number of hydrogen-bond acceptors (Lipinski definition) is 6. The largest absolute Gasteiger partial charge is 0.508 e. The molecule has 1 heterocycles. The molecule has 1 aromatic carbocycles. The number of nitrogens with one attached hydrogen (secondary N) is 1. The number of nitrogen functional groups attached to an aromatic ring is 1. The minimum atomic E-state index is 0.00581. The molecule has 0 bridgehead atoms. The number of anilines is 3. The van der Waals surface area contributed by atoms with Crippen molar-refractivity contribution in [1.29, 1.82) is 0 Å². The molecule has 6 heteroatoms. The van der Waals surface area contributed by atoms with E-state index in [0.717, 1.165) is 5.69 Å². The number of nitrogens with two attached hydrogens (primary N) is 1. The number of phenolic OH excluding ortho intramolecular Hbond substituents is 1. The number of rotatable bonds is 2. The second kappa shape index (κ2) is 3.25. The van der Waals surface area contributed by atoms with Crippen molar-refractivity contribution < 1.29 is 9.52 Å². The molecule has 1 aromatic heterocycles. The molecule has 6 nitrogen and oxygen atoms in total. The summed E-state index contributed by atoms with van der Waals surface area (Å²) in [6.07, 6.45) is 0. The molecule has 14 heavy (non-hydrogen) atoms. The first-order valence-corrected chi connectivity index (χ1v) is 3.89. The van der Waals surface area contributed by atoms with Gasteiger partial charge in [-0.15, -0.1) is 0 Å². The number of nitrogens with zero attached hydrogens (tertiary/aromatic N) is 2. The van der Waals surface area contributed by atoms with Crippen molar-refractivity contribution in [2.24, 2.45) is 0 Å². The van der Waals surface area contributed by atoms with Crippen molar-refractivity contribution in [3.05, 3.63) is 24.3 Å². The zero-order valence-corrected chi connectivity index (χ0v) is 7.14. The Hall–Kier alpha value is -2.24. The molecule has 0 saturated heterocycles. The number of hydrogen-bond donors (Lipinski definition) is 3. The maximum Gasteiger partial charge on any atom is 0.321 e. The molecular weight excluding hydrogens is 184 g/mol. The van der Waals surface area contributed by atoms with Crippen LogP contribution in [-0.2, 0) is 0 Å². The topological polar surface area (TPSA) is 97.2 Å². The van der Waals surface area contributed by atoms with Gasteiger partial charge in [0.1, 0.15) is 5.75 Å². The smallest absolute Gasteiger partial charge is 0.321 e. The van der Waals surface area contributed by atoms with Gasteiger partial charge in [-0.1, -0.05) is 10.2 Å². The minimum Gasteiger partial charge on any atom is -0.508 e. The molecule has 0 saturated carbocycles. The molecule has 2 aromatic rings. The molecule has 0 aliphatic rings. The van der Waals surface area contributed by atoms with Gasteiger partial charge < -0.3 is 20.6 Å². The van der Waals surface area contributed by atoms with Gasteiger partial charge >= 0.3 is 12.0 Å². The summed E-state index contributed by atoms with van der Waals surface area (Å²) in [5, 5.41) is 18.9. The second-order valence-corrected chi connectivity index (χ2v) is 2.62. The van der Waals surface area contributed by atoms with E-state index in [0.29, 0.717) is 0 Å². The summed E-state index contributed by atoms with van der Waals surface area (Å²) >= 11 is 0. The molecule has 0 amide bonds. The Morgan fingerprint density at radius 3 is 2.50 bits per heavy atom. The summed E-state index contributed by atoms with van der Waals surface area (Å²) in [7, 11) is 0. The van der Waals surface area contributed by atoms with E-state index in [2.05, 4.69) is 15.5 Å². The molecule has 0 radical (unpaired) electrons. The van der Waals surface area contributed by atoms with Crippen LogP contribution in [0.15, 0.2) is 28.7 Å². The fraction of sp³-hybridized carbons (Fsp3) is 0. The maximum atomic E-state index is 9.03.